The van der Waals surface area contributed by atoms with Crippen LogP contribution in [0.3, 0.4) is 0 Å². The first-order valence-electron chi connectivity index (χ1n) is 6.97. The van der Waals surface area contributed by atoms with Crippen LogP contribution in [-0.2, 0) is 0 Å². The van der Waals surface area contributed by atoms with Crippen LogP contribution in [0.15, 0.2) is 24.5 Å². The fourth-order valence-corrected chi connectivity index (χ4v) is 2.65. The minimum atomic E-state index is 0.210. The van der Waals surface area contributed by atoms with Crippen molar-refractivity contribution in [3.63, 3.8) is 0 Å². The number of nitrogens with one attached hydrogen (secondary N) is 1. The summed E-state index contributed by atoms with van der Waals surface area (Å²) in [6, 6.07) is 4.75. The van der Waals surface area contributed by atoms with Crippen LogP contribution >= 0.6 is 0 Å². The van der Waals surface area contributed by atoms with Gasteiger partial charge in [0, 0.05) is 30.9 Å². The third-order valence-corrected chi connectivity index (χ3v) is 4.19. The molecule has 2 heterocycles. The van der Waals surface area contributed by atoms with Crippen LogP contribution in [0.4, 0.5) is 5.69 Å². The summed E-state index contributed by atoms with van der Waals surface area (Å²) in [7, 11) is 0. The molecule has 0 aromatic carbocycles. The van der Waals surface area contributed by atoms with Crippen LogP contribution in [0.1, 0.15) is 34.1 Å². The van der Waals surface area contributed by atoms with Gasteiger partial charge in [-0.25, -0.2) is 0 Å². The zero-order chi connectivity index (χ0) is 13.2. The normalized spacial score (nSPS) is 28.7. The Balaban J connectivity index is 2.26. The lowest BCUT2D eigenvalue weighted by molar-refractivity contribution is 0.253. The first-order valence-corrected chi connectivity index (χ1v) is 6.97. The van der Waals surface area contributed by atoms with Crippen molar-refractivity contribution < 1.29 is 0 Å². The molecule has 1 aromatic heterocycles. The van der Waals surface area contributed by atoms with Gasteiger partial charge >= 0.3 is 0 Å². The van der Waals surface area contributed by atoms with Gasteiger partial charge in [0.2, 0.25) is 0 Å². The largest absolute Gasteiger partial charge is 0.364 e. The van der Waals surface area contributed by atoms with Gasteiger partial charge in [-0.1, -0.05) is 20.8 Å². The van der Waals surface area contributed by atoms with E-state index in [0.29, 0.717) is 12.0 Å². The van der Waals surface area contributed by atoms with E-state index in [1.807, 2.05) is 18.5 Å². The predicted octanol–water partition coefficient (Wildman–Crippen LogP) is 2.68. The number of rotatable bonds is 3. The highest BCUT2D eigenvalue weighted by Gasteiger charge is 2.35. The van der Waals surface area contributed by atoms with Crippen molar-refractivity contribution in [1.29, 1.82) is 0 Å². The number of nitrogens with zero attached hydrogens (tertiary/aromatic N) is 2. The van der Waals surface area contributed by atoms with Gasteiger partial charge < -0.3 is 10.2 Å². The first-order chi connectivity index (χ1) is 8.56. The molecular formula is C15H25N3. The van der Waals surface area contributed by atoms with Crippen molar-refractivity contribution in [2.24, 2.45) is 5.92 Å². The summed E-state index contributed by atoms with van der Waals surface area (Å²) in [5.74, 6) is 0.638. The highest BCUT2D eigenvalue weighted by Crippen LogP contribution is 2.27. The SMILES string of the molecule is CCC1(C)CN(c2cccnc2)C(C(C)C)CN1. The Morgan fingerprint density at radius 1 is 1.56 bits per heavy atom. The summed E-state index contributed by atoms with van der Waals surface area (Å²) < 4.78 is 0. The van der Waals surface area contributed by atoms with Crippen LogP contribution < -0.4 is 10.2 Å². The van der Waals surface area contributed by atoms with E-state index < -0.39 is 0 Å². The van der Waals surface area contributed by atoms with Gasteiger partial charge in [0.15, 0.2) is 0 Å². The predicted molar refractivity (Wildman–Crippen MR) is 76.9 cm³/mol. The van der Waals surface area contributed by atoms with Gasteiger partial charge in [0.1, 0.15) is 0 Å². The van der Waals surface area contributed by atoms with Crippen LogP contribution in [0.2, 0.25) is 0 Å². The van der Waals surface area contributed by atoms with Crippen molar-refractivity contribution >= 4 is 5.69 Å². The summed E-state index contributed by atoms with van der Waals surface area (Å²) in [5, 5.41) is 3.71. The lowest BCUT2D eigenvalue weighted by Gasteiger charge is -2.48. The molecule has 0 bridgehead atoms. The number of anilines is 1. The van der Waals surface area contributed by atoms with Crippen LogP contribution in [0, 0.1) is 5.92 Å². The van der Waals surface area contributed by atoms with E-state index in [4.69, 9.17) is 0 Å². The van der Waals surface area contributed by atoms with Crippen LogP contribution in [0.25, 0.3) is 0 Å². The fourth-order valence-electron chi connectivity index (χ4n) is 2.65. The molecule has 0 saturated carbocycles. The van der Waals surface area contributed by atoms with Gasteiger partial charge in [0.05, 0.1) is 11.9 Å². The van der Waals surface area contributed by atoms with Crippen LogP contribution in [-0.4, -0.2) is 29.7 Å². The lowest BCUT2D eigenvalue weighted by atomic mass is 9.89. The summed E-state index contributed by atoms with van der Waals surface area (Å²) in [6.45, 7) is 11.3. The third kappa shape index (κ3) is 2.66. The number of aromatic nitrogens is 1. The van der Waals surface area contributed by atoms with E-state index in [2.05, 4.69) is 49.0 Å². The van der Waals surface area contributed by atoms with Gasteiger partial charge in [-0.2, -0.15) is 0 Å². The Hall–Kier alpha value is -1.09. The van der Waals surface area contributed by atoms with E-state index in [0.717, 1.165) is 19.5 Å². The molecule has 1 saturated heterocycles. The molecule has 1 aliphatic rings. The molecule has 0 spiro atoms. The average molecular weight is 247 g/mol. The Bertz CT molecular complexity index is 377. The van der Waals surface area contributed by atoms with Gasteiger partial charge in [-0.15, -0.1) is 0 Å². The second-order valence-electron chi connectivity index (χ2n) is 5.95. The molecule has 0 amide bonds. The quantitative estimate of drug-likeness (QED) is 0.890. The molecule has 0 aliphatic carbocycles. The number of piperazine rings is 1. The van der Waals surface area contributed by atoms with E-state index in [9.17, 15) is 0 Å². The van der Waals surface area contributed by atoms with Gasteiger partial charge in [0.25, 0.3) is 0 Å². The Morgan fingerprint density at radius 3 is 2.89 bits per heavy atom. The van der Waals surface area contributed by atoms with E-state index in [1.54, 1.807) is 0 Å². The van der Waals surface area contributed by atoms with Crippen molar-refractivity contribution in [3.05, 3.63) is 24.5 Å². The minimum absolute atomic E-state index is 0.210. The molecule has 2 atom stereocenters. The highest BCUT2D eigenvalue weighted by molar-refractivity contribution is 5.46. The molecule has 1 fully saturated rings. The third-order valence-electron chi connectivity index (χ3n) is 4.19. The standard InChI is InChI=1S/C15H25N3/c1-5-15(4)11-18(13-7-6-8-16-9-13)14(10-17-15)12(2)3/h6-9,12,14,17H,5,10-11H2,1-4H3. The van der Waals surface area contributed by atoms with Crippen molar-refractivity contribution in [2.75, 3.05) is 18.0 Å². The monoisotopic (exact) mass is 247 g/mol. The number of hydrogen-bond acceptors (Lipinski definition) is 3. The molecule has 100 valence electrons. The maximum absolute atomic E-state index is 4.27. The molecule has 3 nitrogen and oxygen atoms in total. The van der Waals surface area contributed by atoms with Crippen molar-refractivity contribution in [1.82, 2.24) is 10.3 Å². The Kier molecular flexibility index (Phi) is 3.91. The van der Waals surface area contributed by atoms with Crippen LogP contribution in [0.5, 0.6) is 0 Å². The second kappa shape index (κ2) is 5.27. The first kappa shape index (κ1) is 13.3. The zero-order valence-corrected chi connectivity index (χ0v) is 12.0. The van der Waals surface area contributed by atoms with Gasteiger partial charge in [-0.05, 0) is 31.4 Å². The topological polar surface area (TPSA) is 28.2 Å². The molecular weight excluding hydrogens is 222 g/mol. The van der Waals surface area contributed by atoms with Crippen molar-refractivity contribution in [2.45, 2.75) is 45.7 Å². The summed E-state index contributed by atoms with van der Waals surface area (Å²) in [6.07, 6.45) is 4.97. The molecule has 0 radical (unpaired) electrons. The number of hydrogen-bond donors (Lipinski definition) is 1. The number of pyridine rings is 1. The van der Waals surface area contributed by atoms with E-state index in [-0.39, 0.29) is 5.54 Å². The van der Waals surface area contributed by atoms with Gasteiger partial charge in [-0.3, -0.25) is 4.98 Å². The smallest absolute Gasteiger partial charge is 0.0556 e. The van der Waals surface area contributed by atoms with Crippen molar-refractivity contribution in [3.8, 4) is 0 Å². The molecule has 2 rings (SSSR count). The molecule has 1 aromatic rings. The lowest BCUT2D eigenvalue weighted by Crippen LogP contribution is -2.64. The molecule has 18 heavy (non-hydrogen) atoms. The molecule has 2 unspecified atom stereocenters. The second-order valence-corrected chi connectivity index (χ2v) is 5.95. The minimum Gasteiger partial charge on any atom is -0.364 e. The van der Waals surface area contributed by atoms with E-state index in [1.165, 1.54) is 5.69 Å². The Labute approximate surface area is 111 Å². The maximum atomic E-state index is 4.27. The maximum Gasteiger partial charge on any atom is 0.0556 e. The summed E-state index contributed by atoms with van der Waals surface area (Å²) in [5.41, 5.74) is 1.46. The average Bonchev–Trinajstić information content (AvgIpc) is 2.39. The zero-order valence-electron chi connectivity index (χ0n) is 12.0. The summed E-state index contributed by atoms with van der Waals surface area (Å²) in [4.78, 5) is 6.79. The molecule has 1 aliphatic heterocycles. The summed E-state index contributed by atoms with van der Waals surface area (Å²) >= 11 is 0. The fraction of sp³-hybridized carbons (Fsp3) is 0.667. The highest BCUT2D eigenvalue weighted by atomic mass is 15.3. The molecule has 3 heteroatoms. The molecule has 1 N–H and O–H groups in total. The van der Waals surface area contributed by atoms with E-state index >= 15 is 0 Å². The Morgan fingerprint density at radius 2 is 2.33 bits per heavy atom.